The highest BCUT2D eigenvalue weighted by Gasteiger charge is 2.01. The van der Waals surface area contributed by atoms with Gasteiger partial charge < -0.3 is 4.74 Å². The van der Waals surface area contributed by atoms with E-state index >= 15 is 0 Å². The van der Waals surface area contributed by atoms with E-state index in [2.05, 4.69) is 31.0 Å². The molecule has 0 spiro atoms. The van der Waals surface area contributed by atoms with Crippen LogP contribution in [-0.4, -0.2) is 11.1 Å². The second-order valence-corrected chi connectivity index (χ2v) is 4.03. The van der Waals surface area contributed by atoms with Gasteiger partial charge in [-0.05, 0) is 25.5 Å². The lowest BCUT2D eigenvalue weighted by Crippen LogP contribution is -2.06. The van der Waals surface area contributed by atoms with Crippen LogP contribution in [-0.2, 0) is 11.3 Å². The summed E-state index contributed by atoms with van der Waals surface area (Å²) < 4.78 is 5.66. The van der Waals surface area contributed by atoms with E-state index in [1.165, 1.54) is 5.39 Å². The van der Waals surface area contributed by atoms with Crippen LogP contribution in [0.15, 0.2) is 36.4 Å². The monoisotopic (exact) mass is 275 g/mol. The van der Waals surface area contributed by atoms with Gasteiger partial charge in [0.05, 0.1) is 23.9 Å². The Hall–Kier alpha value is -1.41. The van der Waals surface area contributed by atoms with Crippen LogP contribution in [0.4, 0.5) is 0 Å². The molecule has 0 N–H and O–H groups in total. The minimum Gasteiger partial charge on any atom is -0.372 e. The minimum atomic E-state index is 0.299. The largest absolute Gasteiger partial charge is 0.372 e. The number of fused-ring (bicyclic) bond motifs is 1. The van der Waals surface area contributed by atoms with Gasteiger partial charge in [0.2, 0.25) is 0 Å². The van der Waals surface area contributed by atoms with E-state index in [9.17, 15) is 0 Å². The van der Waals surface area contributed by atoms with Gasteiger partial charge in [-0.1, -0.05) is 58.9 Å². The van der Waals surface area contributed by atoms with Crippen LogP contribution in [0.2, 0.25) is 0 Å². The lowest BCUT2D eigenvalue weighted by molar-refractivity contribution is 0.0490. The highest BCUT2D eigenvalue weighted by molar-refractivity contribution is 5.78. The maximum atomic E-state index is 5.66. The lowest BCUT2D eigenvalue weighted by Gasteiger charge is -2.10. The first-order valence-corrected chi connectivity index (χ1v) is 7.76. The van der Waals surface area contributed by atoms with Crippen LogP contribution in [0.3, 0.4) is 0 Å². The number of ether oxygens (including phenoxy) is 1. The molecule has 0 aliphatic rings. The Kier molecular flexibility index (Phi) is 10.6. The topological polar surface area (TPSA) is 22.1 Å². The molecule has 0 saturated carbocycles. The fourth-order valence-electron chi connectivity index (χ4n) is 1.53. The maximum absolute atomic E-state index is 5.66. The lowest BCUT2D eigenvalue weighted by atomic mass is 10.2. The van der Waals surface area contributed by atoms with Crippen LogP contribution in [0, 0.1) is 0 Å². The van der Waals surface area contributed by atoms with Crippen LogP contribution < -0.4 is 0 Å². The van der Waals surface area contributed by atoms with Crippen molar-refractivity contribution in [1.29, 1.82) is 0 Å². The zero-order valence-electron chi connectivity index (χ0n) is 13.8. The summed E-state index contributed by atoms with van der Waals surface area (Å²) >= 11 is 0. The summed E-state index contributed by atoms with van der Waals surface area (Å²) in [4.78, 5) is 4.56. The Bertz CT molecular complexity index is 468. The third-order valence-electron chi connectivity index (χ3n) is 2.75. The number of para-hydroxylation sites is 1. The molecule has 0 amide bonds. The van der Waals surface area contributed by atoms with Gasteiger partial charge in [0.1, 0.15) is 0 Å². The summed E-state index contributed by atoms with van der Waals surface area (Å²) in [6, 6.07) is 12.3. The molecule has 2 heteroatoms. The van der Waals surface area contributed by atoms with Crippen molar-refractivity contribution in [2.45, 2.75) is 60.7 Å². The van der Waals surface area contributed by atoms with E-state index in [0.29, 0.717) is 12.7 Å². The third-order valence-corrected chi connectivity index (χ3v) is 2.75. The molecule has 0 saturated heterocycles. The van der Waals surface area contributed by atoms with Crippen molar-refractivity contribution in [3.05, 3.63) is 42.1 Å². The second kappa shape index (κ2) is 11.4. The first-order chi connectivity index (χ1) is 9.79. The molecule has 1 atom stereocenters. The van der Waals surface area contributed by atoms with Gasteiger partial charge in [0.25, 0.3) is 0 Å². The van der Waals surface area contributed by atoms with Crippen molar-refractivity contribution in [2.75, 3.05) is 0 Å². The average molecular weight is 275 g/mol. The second-order valence-electron chi connectivity index (χ2n) is 4.03. The molecule has 1 unspecified atom stereocenters. The average Bonchev–Trinajstić information content (AvgIpc) is 2.56. The first-order valence-electron chi connectivity index (χ1n) is 7.76. The summed E-state index contributed by atoms with van der Waals surface area (Å²) in [5.41, 5.74) is 2.03. The zero-order chi connectivity index (χ0) is 15.4. The van der Waals surface area contributed by atoms with Gasteiger partial charge in [0, 0.05) is 5.39 Å². The van der Waals surface area contributed by atoms with Crippen molar-refractivity contribution in [1.82, 2.24) is 4.98 Å². The Morgan fingerprint density at radius 3 is 2.30 bits per heavy atom. The van der Waals surface area contributed by atoms with Crippen molar-refractivity contribution < 1.29 is 4.74 Å². The van der Waals surface area contributed by atoms with Crippen molar-refractivity contribution in [2.24, 2.45) is 0 Å². The zero-order valence-corrected chi connectivity index (χ0v) is 13.8. The Balaban J connectivity index is 0.000000829. The minimum absolute atomic E-state index is 0.299. The van der Waals surface area contributed by atoms with Crippen molar-refractivity contribution >= 4 is 10.9 Å². The quantitative estimate of drug-likeness (QED) is 0.724. The van der Waals surface area contributed by atoms with Gasteiger partial charge in [-0.3, -0.25) is 4.98 Å². The van der Waals surface area contributed by atoms with Crippen molar-refractivity contribution in [3.63, 3.8) is 0 Å². The third kappa shape index (κ3) is 6.16. The molecule has 0 aliphatic heterocycles. The summed E-state index contributed by atoms with van der Waals surface area (Å²) in [7, 11) is 0. The molecule has 2 nitrogen and oxygen atoms in total. The molecule has 1 aromatic carbocycles. The standard InChI is InChI=1S/C14H17NO.2C2H6/c1-3-11(2)16-10-13-9-8-12-6-4-5-7-14(12)15-13;2*1-2/h4-9,11H,3,10H2,1-2H3;2*1-2H3. The van der Waals surface area contributed by atoms with E-state index in [-0.39, 0.29) is 0 Å². The van der Waals surface area contributed by atoms with Crippen LogP contribution in [0.5, 0.6) is 0 Å². The Morgan fingerprint density at radius 1 is 1.00 bits per heavy atom. The number of hydrogen-bond donors (Lipinski definition) is 0. The van der Waals surface area contributed by atoms with Crippen molar-refractivity contribution in [3.8, 4) is 0 Å². The molecule has 0 bridgehead atoms. The summed E-state index contributed by atoms with van der Waals surface area (Å²) in [5.74, 6) is 0. The van der Waals surface area contributed by atoms with E-state index < -0.39 is 0 Å². The van der Waals surface area contributed by atoms with Gasteiger partial charge >= 0.3 is 0 Å². The van der Waals surface area contributed by atoms with Gasteiger partial charge in [-0.2, -0.15) is 0 Å². The molecule has 1 aromatic heterocycles. The number of aromatic nitrogens is 1. The molecule has 20 heavy (non-hydrogen) atoms. The van der Waals surface area contributed by atoms with Crippen LogP contribution in [0.1, 0.15) is 53.7 Å². The molecule has 0 aliphatic carbocycles. The summed E-state index contributed by atoms with van der Waals surface area (Å²) in [6.45, 7) is 12.8. The molecule has 2 rings (SSSR count). The fourth-order valence-corrected chi connectivity index (χ4v) is 1.53. The molecule has 1 heterocycles. The summed E-state index contributed by atoms with van der Waals surface area (Å²) in [6.07, 6.45) is 1.33. The predicted octanol–water partition coefficient (Wildman–Crippen LogP) is 5.60. The highest BCUT2D eigenvalue weighted by Crippen LogP contribution is 2.12. The van der Waals surface area contributed by atoms with E-state index in [0.717, 1.165) is 17.6 Å². The fraction of sp³-hybridized carbons (Fsp3) is 0.500. The number of rotatable bonds is 4. The van der Waals surface area contributed by atoms with Crippen LogP contribution >= 0.6 is 0 Å². The SMILES string of the molecule is CC.CC.CCC(C)OCc1ccc2ccccc2n1. The predicted molar refractivity (Wildman–Crippen MR) is 89.0 cm³/mol. The van der Waals surface area contributed by atoms with E-state index in [1.807, 2.05) is 52.0 Å². The molecule has 2 aromatic rings. The number of hydrogen-bond acceptors (Lipinski definition) is 2. The van der Waals surface area contributed by atoms with E-state index in [1.54, 1.807) is 0 Å². The molecule has 0 fully saturated rings. The Labute approximate surface area is 124 Å². The van der Waals surface area contributed by atoms with Gasteiger partial charge in [-0.25, -0.2) is 0 Å². The first kappa shape index (κ1) is 18.6. The molecule has 0 radical (unpaired) electrons. The highest BCUT2D eigenvalue weighted by atomic mass is 16.5. The smallest absolute Gasteiger partial charge is 0.0891 e. The van der Waals surface area contributed by atoms with Gasteiger partial charge in [-0.15, -0.1) is 0 Å². The Morgan fingerprint density at radius 2 is 1.65 bits per heavy atom. The number of benzene rings is 1. The van der Waals surface area contributed by atoms with E-state index in [4.69, 9.17) is 4.74 Å². The molecule has 112 valence electrons. The van der Waals surface area contributed by atoms with Crippen LogP contribution in [0.25, 0.3) is 10.9 Å². The molecular weight excluding hydrogens is 246 g/mol. The molecular formula is C18H29NO. The normalized spacial score (nSPS) is 10.9. The summed E-state index contributed by atoms with van der Waals surface area (Å²) in [5, 5.41) is 1.18. The number of pyridine rings is 1. The van der Waals surface area contributed by atoms with Gasteiger partial charge in [0.15, 0.2) is 0 Å². The maximum Gasteiger partial charge on any atom is 0.0891 e. The number of nitrogens with zero attached hydrogens (tertiary/aromatic N) is 1.